The normalized spacial score (nSPS) is 12.8. The maximum atomic E-state index is 12.0. The molecule has 0 aliphatic carbocycles. The van der Waals surface area contributed by atoms with Crippen LogP contribution in [-0.2, 0) is 0 Å². The molecule has 0 aliphatic rings. The molecular formula is C9H18N6O. The second-order valence-corrected chi connectivity index (χ2v) is 3.94. The number of hydrogen-bond acceptors (Lipinski definition) is 5. The summed E-state index contributed by atoms with van der Waals surface area (Å²) in [6.45, 7) is 5.37. The number of H-pyrrole nitrogens is 1. The number of rotatable bonds is 5. The van der Waals surface area contributed by atoms with E-state index in [1.165, 1.54) is 0 Å². The smallest absolute Gasteiger partial charge is 0.295 e. The first-order chi connectivity index (χ1) is 7.56. The van der Waals surface area contributed by atoms with Gasteiger partial charge in [0.05, 0.1) is 0 Å². The topological polar surface area (TPSA) is 78.0 Å². The second-order valence-electron chi connectivity index (χ2n) is 3.94. The van der Waals surface area contributed by atoms with Gasteiger partial charge in [0.2, 0.25) is 0 Å². The molecule has 0 radical (unpaired) electrons. The van der Waals surface area contributed by atoms with E-state index in [1.54, 1.807) is 4.90 Å². The van der Waals surface area contributed by atoms with Gasteiger partial charge in [0.15, 0.2) is 0 Å². The summed E-state index contributed by atoms with van der Waals surface area (Å²) in [4.78, 5) is 15.7. The van der Waals surface area contributed by atoms with Crippen LogP contribution in [0.5, 0.6) is 0 Å². The zero-order valence-corrected chi connectivity index (χ0v) is 10.1. The maximum Gasteiger partial charge on any atom is 0.295 e. The van der Waals surface area contributed by atoms with Crippen LogP contribution in [0.15, 0.2) is 0 Å². The zero-order chi connectivity index (χ0) is 12.1. The third-order valence-electron chi connectivity index (χ3n) is 2.30. The van der Waals surface area contributed by atoms with Crippen molar-refractivity contribution in [2.24, 2.45) is 0 Å². The van der Waals surface area contributed by atoms with E-state index < -0.39 is 0 Å². The summed E-state index contributed by atoms with van der Waals surface area (Å²) >= 11 is 0. The van der Waals surface area contributed by atoms with Crippen molar-refractivity contribution >= 4 is 5.91 Å². The monoisotopic (exact) mass is 226 g/mol. The van der Waals surface area contributed by atoms with E-state index in [9.17, 15) is 4.79 Å². The number of hydrogen-bond donors (Lipinski definition) is 1. The first kappa shape index (κ1) is 12.6. The summed E-state index contributed by atoms with van der Waals surface area (Å²) < 4.78 is 0. The van der Waals surface area contributed by atoms with Crippen molar-refractivity contribution in [2.75, 3.05) is 27.2 Å². The van der Waals surface area contributed by atoms with Crippen LogP contribution in [0.1, 0.15) is 24.5 Å². The van der Waals surface area contributed by atoms with Crippen molar-refractivity contribution in [1.29, 1.82) is 0 Å². The minimum atomic E-state index is -0.189. The average molecular weight is 226 g/mol. The Bertz CT molecular complexity index is 323. The molecule has 1 N–H and O–H groups in total. The molecule has 1 rings (SSSR count). The van der Waals surface area contributed by atoms with Gasteiger partial charge >= 0.3 is 0 Å². The van der Waals surface area contributed by atoms with Gasteiger partial charge in [-0.3, -0.25) is 4.79 Å². The Hall–Kier alpha value is -1.50. The van der Waals surface area contributed by atoms with Crippen LogP contribution in [-0.4, -0.2) is 69.6 Å². The Labute approximate surface area is 94.8 Å². The van der Waals surface area contributed by atoms with Gasteiger partial charge < -0.3 is 9.80 Å². The van der Waals surface area contributed by atoms with Crippen LogP contribution < -0.4 is 0 Å². The fourth-order valence-corrected chi connectivity index (χ4v) is 1.66. The van der Waals surface area contributed by atoms with Crippen molar-refractivity contribution in [3.63, 3.8) is 0 Å². The Morgan fingerprint density at radius 1 is 1.50 bits per heavy atom. The number of amides is 1. The number of nitrogens with zero attached hydrogens (tertiary/aromatic N) is 5. The summed E-state index contributed by atoms with van der Waals surface area (Å²) in [7, 11) is 3.95. The van der Waals surface area contributed by atoms with Gasteiger partial charge in [0.1, 0.15) is 0 Å². The molecule has 0 saturated heterocycles. The molecule has 1 atom stereocenters. The Kier molecular flexibility index (Phi) is 4.36. The maximum absolute atomic E-state index is 12.0. The lowest BCUT2D eigenvalue weighted by Gasteiger charge is -2.28. The van der Waals surface area contributed by atoms with Gasteiger partial charge in [-0.15, -0.1) is 10.2 Å². The van der Waals surface area contributed by atoms with Gasteiger partial charge in [-0.05, 0) is 33.2 Å². The number of carbonyl (C=O) groups is 1. The number of aromatic amines is 1. The van der Waals surface area contributed by atoms with Crippen molar-refractivity contribution in [3.8, 4) is 0 Å². The van der Waals surface area contributed by atoms with E-state index in [4.69, 9.17) is 0 Å². The van der Waals surface area contributed by atoms with Crippen molar-refractivity contribution in [1.82, 2.24) is 30.4 Å². The lowest BCUT2D eigenvalue weighted by molar-refractivity contribution is 0.0666. The molecule has 1 amide bonds. The molecule has 0 fully saturated rings. The van der Waals surface area contributed by atoms with Gasteiger partial charge in [-0.25, -0.2) is 0 Å². The molecule has 0 spiro atoms. The highest BCUT2D eigenvalue weighted by molar-refractivity contribution is 5.90. The number of likely N-dealkylation sites (N-methyl/N-ethyl adjacent to an activating group) is 2. The molecule has 1 heterocycles. The average Bonchev–Trinajstić information content (AvgIpc) is 2.69. The van der Waals surface area contributed by atoms with Crippen LogP contribution in [0.3, 0.4) is 0 Å². The standard InChI is InChI=1S/C9H18N6O/c1-5-15(7(2)6-14(3)4)9(16)8-10-12-13-11-8/h7H,5-6H2,1-4H3,(H,10,11,12,13). The summed E-state index contributed by atoms with van der Waals surface area (Å²) in [6.07, 6.45) is 0. The molecule has 0 bridgehead atoms. The number of tetrazole rings is 1. The number of carbonyl (C=O) groups excluding carboxylic acids is 1. The predicted molar refractivity (Wildman–Crippen MR) is 58.9 cm³/mol. The Morgan fingerprint density at radius 3 is 2.62 bits per heavy atom. The molecule has 7 heteroatoms. The van der Waals surface area contributed by atoms with E-state index in [1.807, 2.05) is 32.8 Å². The van der Waals surface area contributed by atoms with Crippen LogP contribution in [0, 0.1) is 0 Å². The van der Waals surface area contributed by atoms with Crippen LogP contribution >= 0.6 is 0 Å². The van der Waals surface area contributed by atoms with Crippen molar-refractivity contribution < 1.29 is 4.79 Å². The summed E-state index contributed by atoms with van der Waals surface area (Å²) in [6, 6.07) is 0.117. The quantitative estimate of drug-likeness (QED) is 0.740. The number of aromatic nitrogens is 4. The first-order valence-electron chi connectivity index (χ1n) is 5.25. The van der Waals surface area contributed by atoms with Gasteiger partial charge in [-0.2, -0.15) is 5.21 Å². The van der Waals surface area contributed by atoms with Gasteiger partial charge in [0, 0.05) is 19.1 Å². The largest absolute Gasteiger partial charge is 0.332 e. The Morgan fingerprint density at radius 2 is 2.19 bits per heavy atom. The fraction of sp³-hybridized carbons (Fsp3) is 0.778. The first-order valence-corrected chi connectivity index (χ1v) is 5.25. The van der Waals surface area contributed by atoms with Crippen LogP contribution in [0.4, 0.5) is 0 Å². The van der Waals surface area contributed by atoms with Gasteiger partial charge in [-0.1, -0.05) is 0 Å². The summed E-state index contributed by atoms with van der Waals surface area (Å²) in [5.74, 6) is -0.0712. The molecule has 7 nitrogen and oxygen atoms in total. The third-order valence-corrected chi connectivity index (χ3v) is 2.30. The molecular weight excluding hydrogens is 208 g/mol. The zero-order valence-electron chi connectivity index (χ0n) is 10.1. The molecule has 90 valence electrons. The van der Waals surface area contributed by atoms with Crippen LogP contribution in [0.2, 0.25) is 0 Å². The molecule has 1 unspecified atom stereocenters. The highest BCUT2D eigenvalue weighted by Gasteiger charge is 2.23. The Balaban J connectivity index is 2.70. The lowest BCUT2D eigenvalue weighted by Crippen LogP contribution is -2.44. The van der Waals surface area contributed by atoms with E-state index in [-0.39, 0.29) is 17.8 Å². The van der Waals surface area contributed by atoms with Crippen molar-refractivity contribution in [2.45, 2.75) is 19.9 Å². The predicted octanol–water partition coefficient (Wildman–Crippen LogP) is -0.388. The highest BCUT2D eigenvalue weighted by atomic mass is 16.2. The lowest BCUT2D eigenvalue weighted by atomic mass is 10.2. The highest BCUT2D eigenvalue weighted by Crippen LogP contribution is 2.04. The molecule has 16 heavy (non-hydrogen) atoms. The molecule has 0 aromatic carbocycles. The molecule has 1 aromatic heterocycles. The van der Waals surface area contributed by atoms with Gasteiger partial charge in [0.25, 0.3) is 11.7 Å². The fourth-order valence-electron chi connectivity index (χ4n) is 1.66. The molecule has 0 aliphatic heterocycles. The SMILES string of the molecule is CCN(C(=O)c1nn[nH]n1)C(C)CN(C)C. The molecule has 1 aromatic rings. The van der Waals surface area contributed by atoms with Crippen LogP contribution in [0.25, 0.3) is 0 Å². The minimum Gasteiger partial charge on any atom is -0.332 e. The third kappa shape index (κ3) is 2.99. The van der Waals surface area contributed by atoms with E-state index in [0.717, 1.165) is 6.54 Å². The number of nitrogens with one attached hydrogen (secondary N) is 1. The van der Waals surface area contributed by atoms with E-state index in [0.29, 0.717) is 6.54 Å². The summed E-state index contributed by atoms with van der Waals surface area (Å²) in [5, 5.41) is 13.1. The molecule has 0 saturated carbocycles. The van der Waals surface area contributed by atoms with E-state index >= 15 is 0 Å². The minimum absolute atomic E-state index is 0.117. The van der Waals surface area contributed by atoms with E-state index in [2.05, 4.69) is 20.6 Å². The van der Waals surface area contributed by atoms with Crippen molar-refractivity contribution in [3.05, 3.63) is 5.82 Å². The summed E-state index contributed by atoms with van der Waals surface area (Å²) in [5.41, 5.74) is 0. The second kappa shape index (κ2) is 5.55.